The van der Waals surface area contributed by atoms with E-state index in [1.807, 2.05) is 62.3 Å². The molecular formula is C21H24N4O2. The first-order chi connectivity index (χ1) is 13.0. The van der Waals surface area contributed by atoms with Gasteiger partial charge in [-0.05, 0) is 54.5 Å². The minimum Gasteiger partial charge on any atom is -0.378 e. The molecule has 0 saturated heterocycles. The van der Waals surface area contributed by atoms with Crippen molar-refractivity contribution >= 4 is 29.8 Å². The average molecular weight is 364 g/mol. The molecule has 140 valence electrons. The second-order valence-corrected chi connectivity index (χ2v) is 6.04. The maximum atomic E-state index is 12.1. The van der Waals surface area contributed by atoms with Crippen molar-refractivity contribution in [1.29, 1.82) is 0 Å². The highest BCUT2D eigenvalue weighted by atomic mass is 16.2. The molecular weight excluding hydrogens is 340 g/mol. The lowest BCUT2D eigenvalue weighted by atomic mass is 10.1. The van der Waals surface area contributed by atoms with Crippen LogP contribution in [0.4, 0.5) is 5.69 Å². The maximum Gasteiger partial charge on any atom is 0.271 e. The third-order valence-electron chi connectivity index (χ3n) is 3.71. The van der Waals surface area contributed by atoms with E-state index in [1.54, 1.807) is 24.4 Å². The topological polar surface area (TPSA) is 73.8 Å². The SMILES string of the molecule is CCNC(=O)C=Cc1cccc(C=NNC(=O)c2ccc(N(C)C)cc2)c1. The molecule has 6 nitrogen and oxygen atoms in total. The molecule has 2 aromatic carbocycles. The summed E-state index contributed by atoms with van der Waals surface area (Å²) in [5.41, 5.74) is 5.76. The van der Waals surface area contributed by atoms with Gasteiger partial charge in [-0.1, -0.05) is 18.2 Å². The number of hydrazone groups is 1. The summed E-state index contributed by atoms with van der Waals surface area (Å²) in [6.07, 6.45) is 4.78. The molecule has 0 fully saturated rings. The first kappa shape index (κ1) is 19.9. The van der Waals surface area contributed by atoms with Gasteiger partial charge in [-0.3, -0.25) is 9.59 Å². The number of carbonyl (C=O) groups is 2. The lowest BCUT2D eigenvalue weighted by Crippen LogP contribution is -2.19. The molecule has 2 aromatic rings. The van der Waals surface area contributed by atoms with Crippen molar-refractivity contribution in [3.05, 3.63) is 71.3 Å². The number of rotatable bonds is 7. The first-order valence-corrected chi connectivity index (χ1v) is 8.66. The van der Waals surface area contributed by atoms with Crippen LogP contribution in [0.25, 0.3) is 6.08 Å². The quantitative estimate of drug-likeness (QED) is 0.451. The maximum absolute atomic E-state index is 12.1. The number of carbonyl (C=O) groups excluding carboxylic acids is 2. The van der Waals surface area contributed by atoms with Gasteiger partial charge >= 0.3 is 0 Å². The molecule has 0 heterocycles. The Labute approximate surface area is 159 Å². The summed E-state index contributed by atoms with van der Waals surface area (Å²) < 4.78 is 0. The van der Waals surface area contributed by atoms with Gasteiger partial charge in [0.05, 0.1) is 6.21 Å². The number of nitrogens with zero attached hydrogens (tertiary/aromatic N) is 2. The monoisotopic (exact) mass is 364 g/mol. The fourth-order valence-electron chi connectivity index (χ4n) is 2.29. The highest BCUT2D eigenvalue weighted by Gasteiger charge is 2.04. The molecule has 0 aromatic heterocycles. The number of nitrogens with one attached hydrogen (secondary N) is 2. The molecule has 0 bridgehead atoms. The van der Waals surface area contributed by atoms with Crippen molar-refractivity contribution in [3.63, 3.8) is 0 Å². The third kappa shape index (κ3) is 6.43. The Morgan fingerprint density at radius 3 is 2.44 bits per heavy atom. The number of anilines is 1. The van der Waals surface area contributed by atoms with Crippen LogP contribution in [0.5, 0.6) is 0 Å². The van der Waals surface area contributed by atoms with Crippen LogP contribution in [0.3, 0.4) is 0 Å². The first-order valence-electron chi connectivity index (χ1n) is 8.66. The van der Waals surface area contributed by atoms with Crippen LogP contribution in [-0.2, 0) is 4.79 Å². The smallest absolute Gasteiger partial charge is 0.271 e. The van der Waals surface area contributed by atoms with Crippen molar-refractivity contribution < 1.29 is 9.59 Å². The van der Waals surface area contributed by atoms with Crippen LogP contribution in [0.2, 0.25) is 0 Å². The Balaban J connectivity index is 1.96. The van der Waals surface area contributed by atoms with Crippen LogP contribution in [0.15, 0.2) is 59.7 Å². The summed E-state index contributed by atoms with van der Waals surface area (Å²) in [5, 5.41) is 6.70. The van der Waals surface area contributed by atoms with E-state index < -0.39 is 0 Å². The minimum absolute atomic E-state index is 0.135. The zero-order valence-electron chi connectivity index (χ0n) is 15.8. The summed E-state index contributed by atoms with van der Waals surface area (Å²) >= 11 is 0. The number of amides is 2. The van der Waals surface area contributed by atoms with Crippen molar-refractivity contribution in [1.82, 2.24) is 10.7 Å². The number of hydrogen-bond donors (Lipinski definition) is 2. The van der Waals surface area contributed by atoms with Crippen molar-refractivity contribution in [2.24, 2.45) is 5.10 Å². The van der Waals surface area contributed by atoms with Crippen molar-refractivity contribution in [3.8, 4) is 0 Å². The zero-order chi connectivity index (χ0) is 19.6. The highest BCUT2D eigenvalue weighted by Crippen LogP contribution is 2.12. The normalized spacial score (nSPS) is 10.9. The van der Waals surface area contributed by atoms with E-state index in [9.17, 15) is 9.59 Å². The molecule has 2 amide bonds. The van der Waals surface area contributed by atoms with Gasteiger partial charge in [0, 0.05) is 38.0 Å². The molecule has 0 unspecified atom stereocenters. The largest absolute Gasteiger partial charge is 0.378 e. The van der Waals surface area contributed by atoms with Gasteiger partial charge in [-0.25, -0.2) is 5.43 Å². The van der Waals surface area contributed by atoms with E-state index in [-0.39, 0.29) is 11.8 Å². The lowest BCUT2D eigenvalue weighted by molar-refractivity contribution is -0.116. The Kier molecular flexibility index (Phi) is 7.31. The van der Waals surface area contributed by atoms with Gasteiger partial charge in [0.1, 0.15) is 0 Å². The fourth-order valence-corrected chi connectivity index (χ4v) is 2.29. The second-order valence-electron chi connectivity index (χ2n) is 6.04. The number of benzene rings is 2. The molecule has 0 aliphatic rings. The molecule has 0 radical (unpaired) electrons. The Hall–Kier alpha value is -3.41. The van der Waals surface area contributed by atoms with E-state index in [2.05, 4.69) is 15.8 Å². The predicted octanol–water partition coefficient (Wildman–Crippen LogP) is 2.67. The third-order valence-corrected chi connectivity index (χ3v) is 3.71. The molecule has 0 aliphatic heterocycles. The summed E-state index contributed by atoms with van der Waals surface area (Å²) in [6, 6.07) is 14.8. The molecule has 0 aliphatic carbocycles. The van der Waals surface area contributed by atoms with E-state index >= 15 is 0 Å². The van der Waals surface area contributed by atoms with E-state index in [1.165, 1.54) is 6.08 Å². The number of likely N-dealkylation sites (N-methyl/N-ethyl adjacent to an activating group) is 1. The van der Waals surface area contributed by atoms with E-state index in [0.29, 0.717) is 12.1 Å². The highest BCUT2D eigenvalue weighted by molar-refractivity contribution is 5.95. The minimum atomic E-state index is -0.274. The van der Waals surface area contributed by atoms with E-state index in [0.717, 1.165) is 16.8 Å². The molecule has 0 saturated carbocycles. The predicted molar refractivity (Wildman–Crippen MR) is 110 cm³/mol. The Morgan fingerprint density at radius 2 is 1.78 bits per heavy atom. The summed E-state index contributed by atoms with van der Waals surface area (Å²) in [7, 11) is 3.89. The van der Waals surface area contributed by atoms with Crippen molar-refractivity contribution in [2.45, 2.75) is 6.92 Å². The Morgan fingerprint density at radius 1 is 1.07 bits per heavy atom. The summed E-state index contributed by atoms with van der Waals surface area (Å²) in [5.74, 6) is -0.409. The van der Waals surface area contributed by atoms with Crippen molar-refractivity contribution in [2.75, 3.05) is 25.5 Å². The Bertz CT molecular complexity index is 840. The van der Waals surface area contributed by atoms with Gasteiger partial charge < -0.3 is 10.2 Å². The standard InChI is InChI=1S/C21H24N4O2/c1-4-22-20(26)13-8-16-6-5-7-17(14-16)15-23-24-21(27)18-9-11-19(12-10-18)25(2)3/h5-15H,4H2,1-3H3,(H,22,26)(H,24,27). The van der Waals surface area contributed by atoms with Gasteiger partial charge in [0.2, 0.25) is 5.91 Å². The summed E-state index contributed by atoms with van der Waals surface area (Å²) in [4.78, 5) is 25.6. The number of hydrogen-bond acceptors (Lipinski definition) is 4. The van der Waals surface area contributed by atoms with Crippen LogP contribution < -0.4 is 15.6 Å². The van der Waals surface area contributed by atoms with Crippen LogP contribution in [0.1, 0.15) is 28.4 Å². The molecule has 6 heteroatoms. The van der Waals surface area contributed by atoms with Crippen LogP contribution >= 0.6 is 0 Å². The average Bonchev–Trinajstić information content (AvgIpc) is 2.67. The van der Waals surface area contributed by atoms with Gasteiger partial charge in [0.15, 0.2) is 0 Å². The lowest BCUT2D eigenvalue weighted by Gasteiger charge is -2.12. The van der Waals surface area contributed by atoms with Gasteiger partial charge in [-0.2, -0.15) is 5.10 Å². The molecule has 2 rings (SSSR count). The molecule has 0 atom stereocenters. The van der Waals surface area contributed by atoms with E-state index in [4.69, 9.17) is 0 Å². The fraction of sp³-hybridized carbons (Fsp3) is 0.190. The molecule has 0 spiro atoms. The second kappa shape index (κ2) is 9.91. The van der Waals surface area contributed by atoms with Crippen LogP contribution in [0, 0.1) is 0 Å². The summed E-state index contributed by atoms with van der Waals surface area (Å²) in [6.45, 7) is 2.46. The molecule has 2 N–H and O–H groups in total. The van der Waals surface area contributed by atoms with Crippen LogP contribution in [-0.4, -0.2) is 38.7 Å². The van der Waals surface area contributed by atoms with Gasteiger partial charge in [0.25, 0.3) is 5.91 Å². The molecule has 27 heavy (non-hydrogen) atoms. The van der Waals surface area contributed by atoms with Gasteiger partial charge in [-0.15, -0.1) is 0 Å². The zero-order valence-corrected chi connectivity index (χ0v) is 15.8.